The number of halogens is 3. The molecular weight excluding hydrogens is 493 g/mol. The van der Waals surface area contributed by atoms with E-state index >= 15 is 0 Å². The zero-order valence-corrected chi connectivity index (χ0v) is 21.9. The summed E-state index contributed by atoms with van der Waals surface area (Å²) >= 11 is 0. The Morgan fingerprint density at radius 3 is 2.27 bits per heavy atom. The molecule has 1 unspecified atom stereocenters. The molecule has 12 heteroatoms. The number of hydrogen-bond donors (Lipinski definition) is 2. The molecule has 0 radical (unpaired) electrons. The fourth-order valence-corrected chi connectivity index (χ4v) is 3.81. The van der Waals surface area contributed by atoms with Gasteiger partial charge in [-0.05, 0) is 51.8 Å². The number of aromatic nitrogens is 2. The summed E-state index contributed by atoms with van der Waals surface area (Å²) in [7, 11) is 2.80. The molecule has 9 nitrogen and oxygen atoms in total. The van der Waals surface area contributed by atoms with Crippen LogP contribution in [0, 0.1) is 0 Å². The summed E-state index contributed by atoms with van der Waals surface area (Å²) in [6, 6.07) is 3.13. The number of carbonyl (C=O) groups excluding carboxylic acids is 3. The van der Waals surface area contributed by atoms with Gasteiger partial charge in [-0.15, -0.1) is 0 Å². The Labute approximate surface area is 213 Å². The van der Waals surface area contributed by atoms with Gasteiger partial charge in [0, 0.05) is 19.7 Å². The smallest absolute Gasteiger partial charge is 0.416 e. The summed E-state index contributed by atoms with van der Waals surface area (Å²) in [5.74, 6) is -2.81. The maximum absolute atomic E-state index is 13.4. The average Bonchev–Trinajstić information content (AvgIpc) is 3.15. The van der Waals surface area contributed by atoms with Gasteiger partial charge in [0.25, 0.3) is 0 Å². The van der Waals surface area contributed by atoms with Gasteiger partial charge in [-0.1, -0.05) is 18.2 Å². The molecule has 2 N–H and O–H groups in total. The van der Waals surface area contributed by atoms with Crippen molar-refractivity contribution in [3.8, 4) is 0 Å². The molecule has 2 amide bonds. The van der Waals surface area contributed by atoms with Crippen molar-refractivity contribution in [1.82, 2.24) is 20.4 Å². The van der Waals surface area contributed by atoms with E-state index in [2.05, 4.69) is 15.7 Å². The van der Waals surface area contributed by atoms with E-state index in [4.69, 9.17) is 9.47 Å². The molecule has 0 bridgehead atoms. The summed E-state index contributed by atoms with van der Waals surface area (Å²) in [5, 5.41) is 9.29. The first-order valence-electron chi connectivity index (χ1n) is 11.5. The molecule has 1 heterocycles. The minimum Gasteiger partial charge on any atom is -0.468 e. The van der Waals surface area contributed by atoms with Crippen molar-refractivity contribution in [1.29, 1.82) is 0 Å². The van der Waals surface area contributed by atoms with E-state index in [1.165, 1.54) is 36.9 Å². The van der Waals surface area contributed by atoms with Crippen LogP contribution in [-0.4, -0.2) is 52.0 Å². The quantitative estimate of drug-likeness (QED) is 0.507. The number of nitrogens with one attached hydrogen (secondary N) is 2. The zero-order chi connectivity index (χ0) is 28.2. The zero-order valence-electron chi connectivity index (χ0n) is 21.9. The number of rotatable bonds is 8. The molecule has 0 spiro atoms. The van der Waals surface area contributed by atoms with Crippen LogP contribution in [0.15, 0.2) is 36.7 Å². The van der Waals surface area contributed by atoms with Gasteiger partial charge in [0.05, 0.1) is 24.4 Å². The summed E-state index contributed by atoms with van der Waals surface area (Å²) in [5.41, 5.74) is -2.54. The minimum absolute atomic E-state index is 0.0101. The lowest BCUT2D eigenvalue weighted by atomic mass is 9.81. The molecule has 2 aromatic rings. The van der Waals surface area contributed by atoms with Crippen LogP contribution >= 0.6 is 0 Å². The Hall–Kier alpha value is -3.57. The van der Waals surface area contributed by atoms with E-state index < -0.39 is 52.8 Å². The van der Waals surface area contributed by atoms with Crippen molar-refractivity contribution in [2.24, 2.45) is 7.05 Å². The van der Waals surface area contributed by atoms with E-state index in [-0.39, 0.29) is 12.0 Å². The van der Waals surface area contributed by atoms with E-state index in [0.29, 0.717) is 5.56 Å². The van der Waals surface area contributed by atoms with E-state index in [1.807, 2.05) is 0 Å². The standard InChI is InChI=1S/C25H33F3N4O5/c1-23(2,3)37-22(35)30-18(11-15-13-29-32(6)14-15)20(33)31-24(4,5)19(21(34)36-7)16-9-8-10-17(12-16)25(26,27)28/h8-10,12-14,18-19H,11H2,1-7H3,(H,30,35)(H,31,33)/t18-,19?/m1/s1. The van der Waals surface area contributed by atoms with Crippen LogP contribution in [-0.2, 0) is 38.7 Å². The topological polar surface area (TPSA) is 112 Å². The van der Waals surface area contributed by atoms with Crippen LogP contribution in [0.3, 0.4) is 0 Å². The van der Waals surface area contributed by atoms with Crippen molar-refractivity contribution < 1.29 is 37.0 Å². The number of ether oxygens (including phenoxy) is 2. The molecule has 0 saturated carbocycles. The molecule has 2 rings (SSSR count). The first-order chi connectivity index (χ1) is 16.9. The number of amides is 2. The molecule has 0 fully saturated rings. The first kappa shape index (κ1) is 29.7. The van der Waals surface area contributed by atoms with E-state index in [0.717, 1.165) is 19.2 Å². The average molecular weight is 527 g/mol. The van der Waals surface area contributed by atoms with Gasteiger partial charge in [0.1, 0.15) is 17.6 Å². The number of benzene rings is 1. The minimum atomic E-state index is -4.63. The van der Waals surface area contributed by atoms with Crippen LogP contribution in [0.1, 0.15) is 57.2 Å². The molecule has 0 aliphatic carbocycles. The van der Waals surface area contributed by atoms with Gasteiger partial charge in [-0.25, -0.2) is 4.79 Å². The molecule has 0 aliphatic rings. The highest BCUT2D eigenvalue weighted by Crippen LogP contribution is 2.35. The number of carbonyl (C=O) groups is 3. The summed E-state index contributed by atoms with van der Waals surface area (Å²) in [4.78, 5) is 38.6. The van der Waals surface area contributed by atoms with Crippen molar-refractivity contribution in [3.05, 3.63) is 53.3 Å². The Balaban J connectivity index is 2.38. The van der Waals surface area contributed by atoms with Crippen molar-refractivity contribution >= 4 is 18.0 Å². The monoisotopic (exact) mass is 526 g/mol. The van der Waals surface area contributed by atoms with Crippen LogP contribution in [0.25, 0.3) is 0 Å². The van der Waals surface area contributed by atoms with Crippen molar-refractivity contribution in [2.75, 3.05) is 7.11 Å². The van der Waals surface area contributed by atoms with Gasteiger partial charge in [0.2, 0.25) is 5.91 Å². The fourth-order valence-electron chi connectivity index (χ4n) is 3.81. The number of hydrogen-bond acceptors (Lipinski definition) is 6. The second kappa shape index (κ2) is 11.2. The third-order valence-electron chi connectivity index (χ3n) is 5.36. The molecule has 0 saturated heterocycles. The largest absolute Gasteiger partial charge is 0.468 e. The van der Waals surface area contributed by atoms with Crippen LogP contribution in [0.4, 0.5) is 18.0 Å². The SMILES string of the molecule is COC(=O)C(c1cccc(C(F)(F)F)c1)C(C)(C)NC(=O)[C@@H](Cc1cnn(C)c1)NC(=O)OC(C)(C)C. The second-order valence-electron chi connectivity index (χ2n) is 10.2. The lowest BCUT2D eigenvalue weighted by Gasteiger charge is -2.35. The summed E-state index contributed by atoms with van der Waals surface area (Å²) in [6.07, 6.45) is -2.22. The van der Waals surface area contributed by atoms with Crippen molar-refractivity contribution in [3.63, 3.8) is 0 Å². The molecule has 0 aliphatic heterocycles. The van der Waals surface area contributed by atoms with Gasteiger partial charge >= 0.3 is 18.2 Å². The Bertz CT molecular complexity index is 1120. The maximum atomic E-state index is 13.4. The normalized spacial score (nSPS) is 13.9. The number of alkyl carbamates (subject to hydrolysis) is 1. The highest BCUT2D eigenvalue weighted by atomic mass is 19.4. The highest BCUT2D eigenvalue weighted by molar-refractivity contribution is 5.88. The summed E-state index contributed by atoms with van der Waals surface area (Å²) in [6.45, 7) is 7.98. The number of aryl methyl sites for hydroxylation is 1. The molecule has 204 valence electrons. The second-order valence-corrected chi connectivity index (χ2v) is 10.2. The summed E-state index contributed by atoms with van der Waals surface area (Å²) < 4.78 is 51.7. The maximum Gasteiger partial charge on any atom is 0.416 e. The molecule has 1 aromatic carbocycles. The predicted octanol–water partition coefficient (Wildman–Crippen LogP) is 3.73. The molecule has 1 aromatic heterocycles. The highest BCUT2D eigenvalue weighted by Gasteiger charge is 2.41. The number of methoxy groups -OCH3 is 1. The third-order valence-corrected chi connectivity index (χ3v) is 5.36. The molecule has 2 atom stereocenters. The molecular formula is C25H33F3N4O5. The van der Waals surface area contributed by atoms with Crippen LogP contribution in [0.2, 0.25) is 0 Å². The Morgan fingerprint density at radius 2 is 1.76 bits per heavy atom. The van der Waals surface area contributed by atoms with Gasteiger partial charge in [0.15, 0.2) is 0 Å². The Morgan fingerprint density at radius 1 is 1.11 bits per heavy atom. The van der Waals surface area contributed by atoms with Gasteiger partial charge < -0.3 is 20.1 Å². The molecule has 37 heavy (non-hydrogen) atoms. The lowest BCUT2D eigenvalue weighted by Crippen LogP contribution is -2.57. The van der Waals surface area contributed by atoms with Gasteiger partial charge in [-0.3, -0.25) is 14.3 Å². The van der Waals surface area contributed by atoms with Crippen molar-refractivity contribution in [2.45, 2.75) is 70.3 Å². The lowest BCUT2D eigenvalue weighted by molar-refractivity contribution is -0.145. The number of alkyl halides is 3. The number of esters is 1. The van der Waals surface area contributed by atoms with Gasteiger partial charge in [-0.2, -0.15) is 18.3 Å². The van der Waals surface area contributed by atoms with Crippen LogP contribution in [0.5, 0.6) is 0 Å². The van der Waals surface area contributed by atoms with E-state index in [9.17, 15) is 27.6 Å². The Kier molecular flexibility index (Phi) is 9.00. The first-order valence-corrected chi connectivity index (χ1v) is 11.5. The number of nitrogens with zero attached hydrogens (tertiary/aromatic N) is 2. The van der Waals surface area contributed by atoms with Crippen LogP contribution < -0.4 is 10.6 Å². The fraction of sp³-hybridized carbons (Fsp3) is 0.520. The third kappa shape index (κ3) is 8.50. The van der Waals surface area contributed by atoms with E-state index in [1.54, 1.807) is 34.0 Å². The predicted molar refractivity (Wildman–Crippen MR) is 128 cm³/mol.